The van der Waals surface area contributed by atoms with Crippen LogP contribution in [0.3, 0.4) is 0 Å². The Morgan fingerprint density at radius 2 is 1.88 bits per heavy atom. The van der Waals surface area contributed by atoms with Crippen molar-refractivity contribution in [2.75, 3.05) is 36.9 Å². The van der Waals surface area contributed by atoms with E-state index in [1.54, 1.807) is 16.9 Å². The molecule has 4 N–H and O–H groups in total. The monoisotopic (exact) mass is 567 g/mol. The van der Waals surface area contributed by atoms with Crippen LogP contribution in [0.1, 0.15) is 43.6 Å². The van der Waals surface area contributed by atoms with Crippen LogP contribution in [0.25, 0.3) is 22.4 Å². The summed E-state index contributed by atoms with van der Waals surface area (Å²) in [5.41, 5.74) is 2.80. The van der Waals surface area contributed by atoms with Crippen LogP contribution in [-0.4, -0.2) is 66.1 Å². The van der Waals surface area contributed by atoms with Crippen molar-refractivity contribution in [2.45, 2.75) is 44.2 Å². The van der Waals surface area contributed by atoms with Gasteiger partial charge in [0.15, 0.2) is 5.82 Å². The SMILES string of the molecule is CCn1[nH]c(=O)c2ccc(Nc3ncc(-c4nc(C56CCN(CC5)CC6)no4)c(N[C@H](CO)c4ccccc4)n3)cc21. The lowest BCUT2D eigenvalue weighted by Crippen LogP contribution is -2.51. The first kappa shape index (κ1) is 26.4. The smallest absolute Gasteiger partial charge is 0.271 e. The molecule has 0 saturated carbocycles. The Morgan fingerprint density at radius 3 is 2.62 bits per heavy atom. The van der Waals surface area contributed by atoms with Crippen LogP contribution in [0.2, 0.25) is 0 Å². The molecule has 6 heterocycles. The molecule has 2 bridgehead atoms. The maximum absolute atomic E-state index is 12.3. The number of anilines is 3. The van der Waals surface area contributed by atoms with Crippen LogP contribution in [0, 0.1) is 0 Å². The summed E-state index contributed by atoms with van der Waals surface area (Å²) in [6.45, 7) is 5.62. The third kappa shape index (κ3) is 4.72. The quantitative estimate of drug-likeness (QED) is 0.207. The van der Waals surface area contributed by atoms with Gasteiger partial charge in [0.05, 0.1) is 23.6 Å². The van der Waals surface area contributed by atoms with Crippen LogP contribution in [0.4, 0.5) is 17.5 Å². The molecule has 3 saturated heterocycles. The van der Waals surface area contributed by atoms with E-state index in [1.165, 1.54) is 0 Å². The number of hydrogen-bond acceptors (Lipinski definition) is 10. The van der Waals surface area contributed by atoms with E-state index in [2.05, 4.69) is 30.8 Å². The zero-order valence-corrected chi connectivity index (χ0v) is 23.4. The number of nitrogens with one attached hydrogen (secondary N) is 3. The van der Waals surface area contributed by atoms with Gasteiger partial charge < -0.3 is 25.2 Å². The molecule has 0 unspecified atom stereocenters. The van der Waals surface area contributed by atoms with Crippen LogP contribution in [0.5, 0.6) is 0 Å². The highest BCUT2D eigenvalue weighted by atomic mass is 16.5. The molecule has 0 aliphatic carbocycles. The van der Waals surface area contributed by atoms with Crippen LogP contribution in [-0.2, 0) is 12.0 Å². The van der Waals surface area contributed by atoms with Crippen molar-refractivity contribution in [2.24, 2.45) is 0 Å². The normalized spacial score (nSPS) is 20.6. The molecule has 12 heteroatoms. The van der Waals surface area contributed by atoms with Crippen molar-refractivity contribution in [3.05, 3.63) is 76.5 Å². The summed E-state index contributed by atoms with van der Waals surface area (Å²) in [7, 11) is 0. The average molecular weight is 568 g/mol. The second-order valence-electron chi connectivity index (χ2n) is 11.1. The van der Waals surface area contributed by atoms with E-state index in [9.17, 15) is 9.90 Å². The molecule has 216 valence electrons. The molecule has 0 spiro atoms. The lowest BCUT2D eigenvalue weighted by atomic mass is 9.71. The molecule has 0 radical (unpaired) electrons. The number of benzene rings is 2. The Morgan fingerprint density at radius 1 is 1.10 bits per heavy atom. The van der Waals surface area contributed by atoms with E-state index in [0.29, 0.717) is 35.2 Å². The zero-order valence-electron chi connectivity index (χ0n) is 23.4. The molecule has 12 nitrogen and oxygen atoms in total. The second kappa shape index (κ2) is 10.7. The van der Waals surface area contributed by atoms with E-state index >= 15 is 0 Å². The van der Waals surface area contributed by atoms with E-state index in [1.807, 2.05) is 49.4 Å². The minimum atomic E-state index is -0.424. The molecular weight excluding hydrogens is 534 g/mol. The van der Waals surface area contributed by atoms with Gasteiger partial charge in [-0.05, 0) is 69.6 Å². The number of aromatic amines is 1. The molecule has 2 aromatic carbocycles. The van der Waals surface area contributed by atoms with Gasteiger partial charge in [0.1, 0.15) is 11.4 Å². The summed E-state index contributed by atoms with van der Waals surface area (Å²) >= 11 is 0. The zero-order chi connectivity index (χ0) is 28.7. The summed E-state index contributed by atoms with van der Waals surface area (Å²) in [5, 5.41) is 24.8. The maximum Gasteiger partial charge on any atom is 0.271 e. The van der Waals surface area contributed by atoms with Crippen LogP contribution in [0.15, 0.2) is 64.0 Å². The molecule has 3 aliphatic rings. The highest BCUT2D eigenvalue weighted by molar-refractivity contribution is 5.83. The molecule has 1 atom stereocenters. The Labute approximate surface area is 241 Å². The summed E-state index contributed by atoms with van der Waals surface area (Å²) in [6.07, 6.45) is 4.73. The Kier molecular flexibility index (Phi) is 6.71. The van der Waals surface area contributed by atoms with Gasteiger partial charge in [-0.1, -0.05) is 35.5 Å². The van der Waals surface area contributed by atoms with Crippen molar-refractivity contribution < 1.29 is 9.63 Å². The summed E-state index contributed by atoms with van der Waals surface area (Å²) in [5.74, 6) is 1.87. The van der Waals surface area contributed by atoms with Crippen molar-refractivity contribution in [1.29, 1.82) is 0 Å². The first-order valence-corrected chi connectivity index (χ1v) is 14.4. The molecule has 3 fully saturated rings. The molecule has 8 rings (SSSR count). The largest absolute Gasteiger partial charge is 0.394 e. The fourth-order valence-corrected chi connectivity index (χ4v) is 6.15. The Bertz CT molecular complexity index is 1760. The first-order chi connectivity index (χ1) is 20.5. The summed E-state index contributed by atoms with van der Waals surface area (Å²) in [6, 6.07) is 14.8. The number of aromatic nitrogens is 6. The van der Waals surface area contributed by atoms with Gasteiger partial charge in [0, 0.05) is 23.8 Å². The number of nitrogens with zero attached hydrogens (tertiary/aromatic N) is 6. The maximum atomic E-state index is 12.3. The summed E-state index contributed by atoms with van der Waals surface area (Å²) < 4.78 is 7.63. The molecule has 42 heavy (non-hydrogen) atoms. The van der Waals surface area contributed by atoms with Gasteiger partial charge in [0.2, 0.25) is 5.95 Å². The lowest BCUT2D eigenvalue weighted by Gasteiger charge is -2.46. The fraction of sp³-hybridized carbons (Fsp3) is 0.367. The predicted octanol–water partition coefficient (Wildman–Crippen LogP) is 3.82. The van der Waals surface area contributed by atoms with Crippen LogP contribution < -0.4 is 16.2 Å². The first-order valence-electron chi connectivity index (χ1n) is 14.4. The number of rotatable bonds is 9. The number of hydrogen-bond donors (Lipinski definition) is 4. The van der Waals surface area contributed by atoms with Crippen LogP contribution >= 0.6 is 0 Å². The van der Waals surface area contributed by atoms with Crippen molar-refractivity contribution >= 4 is 28.4 Å². The van der Waals surface area contributed by atoms with Crippen molar-refractivity contribution in [3.8, 4) is 11.5 Å². The number of aryl methyl sites for hydroxylation is 1. The highest BCUT2D eigenvalue weighted by Gasteiger charge is 2.44. The van der Waals surface area contributed by atoms with Gasteiger partial charge in [0.25, 0.3) is 11.4 Å². The standard InChI is InChI=1S/C30H33N9O3/c1-2-39-24-16-20(8-9-21(24)26(41)36-39)32-29-31-17-22(25(34-29)33-23(18-40)19-6-4-3-5-7-19)27-35-28(37-42-27)30-10-13-38(14-11-30)15-12-30/h3-9,16-17,23,40H,2,10-15,18H2,1H3,(H,36,41)(H2,31,32,33,34)/t23-/m1/s1. The minimum absolute atomic E-state index is 0.0553. The second-order valence-corrected chi connectivity index (χ2v) is 11.1. The molecular formula is C30H33N9O3. The average Bonchev–Trinajstić information content (AvgIpc) is 3.66. The number of piperidine rings is 3. The number of fused-ring (bicyclic) bond motifs is 4. The molecule has 3 aromatic heterocycles. The fourth-order valence-electron chi connectivity index (χ4n) is 6.15. The Hall–Kier alpha value is -4.55. The van der Waals surface area contributed by atoms with Gasteiger partial charge in [-0.3, -0.25) is 14.6 Å². The number of aliphatic hydroxyl groups excluding tert-OH is 1. The third-order valence-electron chi connectivity index (χ3n) is 8.68. The minimum Gasteiger partial charge on any atom is -0.394 e. The molecule has 3 aliphatic heterocycles. The van der Waals surface area contributed by atoms with Gasteiger partial charge >= 0.3 is 0 Å². The van der Waals surface area contributed by atoms with Gasteiger partial charge in [-0.2, -0.15) is 9.97 Å². The Balaban J connectivity index is 1.24. The van der Waals surface area contributed by atoms with E-state index in [4.69, 9.17) is 14.5 Å². The van der Waals surface area contributed by atoms with E-state index in [0.717, 1.165) is 61.5 Å². The number of H-pyrrole nitrogens is 1. The van der Waals surface area contributed by atoms with Crippen molar-refractivity contribution in [1.82, 2.24) is 34.8 Å². The van der Waals surface area contributed by atoms with Gasteiger partial charge in [-0.15, -0.1) is 0 Å². The van der Waals surface area contributed by atoms with Crippen molar-refractivity contribution in [3.63, 3.8) is 0 Å². The topological polar surface area (TPSA) is 150 Å². The summed E-state index contributed by atoms with van der Waals surface area (Å²) in [4.78, 5) is 29.0. The van der Waals surface area contributed by atoms with E-state index < -0.39 is 6.04 Å². The number of aliphatic hydroxyl groups is 1. The molecule has 5 aromatic rings. The lowest BCUT2D eigenvalue weighted by molar-refractivity contribution is 0.0747. The predicted molar refractivity (Wildman–Crippen MR) is 159 cm³/mol. The third-order valence-corrected chi connectivity index (χ3v) is 8.68. The highest BCUT2D eigenvalue weighted by Crippen LogP contribution is 2.42. The van der Waals surface area contributed by atoms with E-state index in [-0.39, 0.29) is 17.6 Å². The van der Waals surface area contributed by atoms with Gasteiger partial charge in [-0.25, -0.2) is 4.98 Å². The molecule has 0 amide bonds.